The lowest BCUT2D eigenvalue weighted by molar-refractivity contribution is 0.104. The van der Waals surface area contributed by atoms with Crippen LogP contribution in [0.3, 0.4) is 0 Å². The molecule has 1 unspecified atom stereocenters. The highest BCUT2D eigenvalue weighted by Crippen LogP contribution is 2.42. The number of hydrogen-bond donors (Lipinski definition) is 1. The van der Waals surface area contributed by atoms with Crippen molar-refractivity contribution >= 4 is 32.7 Å². The molecular formula is C28H28N4O2S2. The van der Waals surface area contributed by atoms with Crippen LogP contribution in [0, 0.1) is 25.2 Å². The summed E-state index contributed by atoms with van der Waals surface area (Å²) in [6, 6.07) is 18.8. The third-order valence-corrected chi connectivity index (χ3v) is 9.56. The molecule has 0 radical (unpaired) electrons. The third-order valence-electron chi connectivity index (χ3n) is 7.11. The molecule has 184 valence electrons. The van der Waals surface area contributed by atoms with Crippen molar-refractivity contribution in [3.63, 3.8) is 0 Å². The normalized spacial score (nSPS) is 15.6. The van der Waals surface area contributed by atoms with Gasteiger partial charge in [0.15, 0.2) is 0 Å². The smallest absolute Gasteiger partial charge is 0.268 e. The van der Waals surface area contributed by atoms with Crippen molar-refractivity contribution in [1.29, 1.82) is 5.26 Å². The van der Waals surface area contributed by atoms with E-state index in [1.54, 1.807) is 30.1 Å². The van der Waals surface area contributed by atoms with Crippen LogP contribution in [0.1, 0.15) is 40.3 Å². The summed E-state index contributed by atoms with van der Waals surface area (Å²) in [6.45, 7) is 7.13. The van der Waals surface area contributed by atoms with Crippen molar-refractivity contribution in [2.45, 2.75) is 49.3 Å². The van der Waals surface area contributed by atoms with Crippen LogP contribution in [-0.2, 0) is 28.8 Å². The lowest BCUT2D eigenvalue weighted by Crippen LogP contribution is -2.48. The number of aryl methyl sites for hydroxylation is 2. The molecule has 2 N–H and O–H groups in total. The summed E-state index contributed by atoms with van der Waals surface area (Å²) in [5, 5.41) is 10.1. The molecule has 1 aromatic heterocycles. The van der Waals surface area contributed by atoms with E-state index in [0.29, 0.717) is 24.2 Å². The Morgan fingerprint density at radius 1 is 1.03 bits per heavy atom. The van der Waals surface area contributed by atoms with Gasteiger partial charge in [-0.15, -0.1) is 11.8 Å². The van der Waals surface area contributed by atoms with Crippen molar-refractivity contribution in [2.24, 2.45) is 5.73 Å². The fraction of sp³-hybridized carbons (Fsp3) is 0.250. The summed E-state index contributed by atoms with van der Waals surface area (Å²) in [6.07, 6.45) is 3.65. The topological polar surface area (TPSA) is 92.1 Å². The summed E-state index contributed by atoms with van der Waals surface area (Å²) in [4.78, 5) is 3.46. The van der Waals surface area contributed by atoms with Gasteiger partial charge >= 0.3 is 0 Å². The first kappa shape index (κ1) is 24.6. The van der Waals surface area contributed by atoms with Gasteiger partial charge in [-0.25, -0.2) is 12.4 Å². The second-order valence-electron chi connectivity index (χ2n) is 9.56. The monoisotopic (exact) mass is 516 g/mol. The lowest BCUT2D eigenvalue weighted by Gasteiger charge is -2.37. The van der Waals surface area contributed by atoms with Gasteiger partial charge in [-0.3, -0.25) is 4.90 Å². The summed E-state index contributed by atoms with van der Waals surface area (Å²) >= 11 is 1.61. The number of fused-ring (bicyclic) bond motifs is 2. The molecule has 1 atom stereocenters. The second kappa shape index (κ2) is 8.79. The fourth-order valence-electron chi connectivity index (χ4n) is 5.13. The first-order chi connectivity index (χ1) is 17.1. The van der Waals surface area contributed by atoms with Crippen LogP contribution < -0.4 is 5.73 Å². The Morgan fingerprint density at radius 3 is 2.39 bits per heavy atom. The predicted molar refractivity (Wildman–Crippen MR) is 144 cm³/mol. The number of aromatic nitrogens is 1. The first-order valence-corrected chi connectivity index (χ1v) is 14.3. The maximum absolute atomic E-state index is 13.6. The first-order valence-electron chi connectivity index (χ1n) is 11.6. The Labute approximate surface area is 216 Å². The maximum atomic E-state index is 13.6. The minimum atomic E-state index is -3.79. The van der Waals surface area contributed by atoms with Crippen LogP contribution in [0.15, 0.2) is 70.6 Å². The minimum Gasteiger partial charge on any atom is -0.309 e. The molecule has 1 aliphatic rings. The molecule has 0 bridgehead atoms. The molecule has 2 heterocycles. The summed E-state index contributed by atoms with van der Waals surface area (Å²) in [5.74, 6) is 0. The molecule has 0 spiro atoms. The number of hydrogen-bond acceptors (Lipinski definition) is 6. The molecule has 0 fully saturated rings. The van der Waals surface area contributed by atoms with E-state index < -0.39 is 15.7 Å². The summed E-state index contributed by atoms with van der Waals surface area (Å²) in [7, 11) is -3.79. The van der Waals surface area contributed by atoms with Crippen molar-refractivity contribution in [2.75, 3.05) is 6.26 Å². The third kappa shape index (κ3) is 3.84. The van der Waals surface area contributed by atoms with Crippen LogP contribution in [0.2, 0.25) is 0 Å². The molecular weight excluding hydrogens is 488 g/mol. The number of thioether (sulfide) groups is 1. The quantitative estimate of drug-likeness (QED) is 0.365. The van der Waals surface area contributed by atoms with Gasteiger partial charge in [0.05, 0.1) is 27.7 Å². The van der Waals surface area contributed by atoms with Gasteiger partial charge in [0.2, 0.25) is 0 Å². The second-order valence-corrected chi connectivity index (χ2v) is 12.2. The van der Waals surface area contributed by atoms with Gasteiger partial charge in [0.1, 0.15) is 0 Å². The highest BCUT2D eigenvalue weighted by Gasteiger charge is 2.38. The standard InChI is InChI=1S/C28H28N4O2S2/c1-18-5-9-23(10-6-18)36(33,34)32-12-11-24-26(25(35-4)13-19(2)27(24)32)28(3,30)31-16-21-8-7-20(15-29)14-22(21)17-31/h5-14H,16-17,30H2,1-4H3. The Morgan fingerprint density at radius 2 is 1.72 bits per heavy atom. The van der Waals surface area contributed by atoms with E-state index in [1.807, 2.05) is 69.5 Å². The Bertz CT molecular complexity index is 1650. The van der Waals surface area contributed by atoms with E-state index in [0.717, 1.165) is 38.1 Å². The predicted octanol–water partition coefficient (Wildman–Crippen LogP) is 5.24. The molecule has 0 saturated heterocycles. The Kier molecular flexibility index (Phi) is 6.00. The molecule has 3 aromatic carbocycles. The van der Waals surface area contributed by atoms with Gasteiger partial charge in [0, 0.05) is 35.1 Å². The van der Waals surface area contributed by atoms with E-state index in [9.17, 15) is 13.7 Å². The molecule has 0 aliphatic carbocycles. The molecule has 8 heteroatoms. The maximum Gasteiger partial charge on any atom is 0.268 e. The molecule has 1 aliphatic heterocycles. The zero-order chi connectivity index (χ0) is 25.8. The van der Waals surface area contributed by atoms with E-state index in [4.69, 9.17) is 5.73 Å². The number of rotatable bonds is 5. The van der Waals surface area contributed by atoms with Crippen molar-refractivity contribution in [3.8, 4) is 6.07 Å². The minimum absolute atomic E-state index is 0.249. The van der Waals surface area contributed by atoms with Gasteiger partial charge in [-0.1, -0.05) is 23.8 Å². The molecule has 5 rings (SSSR count). The zero-order valence-electron chi connectivity index (χ0n) is 20.7. The van der Waals surface area contributed by atoms with Gasteiger partial charge < -0.3 is 5.73 Å². The van der Waals surface area contributed by atoms with Crippen LogP contribution in [0.5, 0.6) is 0 Å². The van der Waals surface area contributed by atoms with Crippen molar-refractivity contribution in [1.82, 2.24) is 8.87 Å². The van der Waals surface area contributed by atoms with Crippen molar-refractivity contribution < 1.29 is 8.42 Å². The number of benzene rings is 3. The van der Waals surface area contributed by atoms with Crippen LogP contribution in [0.4, 0.5) is 0 Å². The molecule has 36 heavy (non-hydrogen) atoms. The highest BCUT2D eigenvalue weighted by molar-refractivity contribution is 7.98. The van der Waals surface area contributed by atoms with Gasteiger partial charge in [-0.2, -0.15) is 5.26 Å². The number of nitrogens with two attached hydrogens (primary N) is 1. The largest absolute Gasteiger partial charge is 0.309 e. The Balaban J connectivity index is 1.66. The van der Waals surface area contributed by atoms with Crippen LogP contribution in [-0.4, -0.2) is 23.5 Å². The average Bonchev–Trinajstić information content (AvgIpc) is 3.49. The number of nitriles is 1. The van der Waals surface area contributed by atoms with E-state index >= 15 is 0 Å². The molecule has 6 nitrogen and oxygen atoms in total. The SMILES string of the molecule is CSc1cc(C)c2c(ccn2S(=O)(=O)c2ccc(C)cc2)c1C(C)(N)N1Cc2ccc(C#N)cc2C1. The zero-order valence-corrected chi connectivity index (χ0v) is 22.4. The summed E-state index contributed by atoms with van der Waals surface area (Å²) < 4.78 is 28.7. The van der Waals surface area contributed by atoms with Gasteiger partial charge in [0.25, 0.3) is 10.0 Å². The van der Waals surface area contributed by atoms with Crippen molar-refractivity contribution in [3.05, 3.63) is 94.2 Å². The molecule has 0 saturated carbocycles. The summed E-state index contributed by atoms with van der Waals surface area (Å²) in [5.41, 5.74) is 12.5. The van der Waals surface area contributed by atoms with Gasteiger partial charge in [-0.05, 0) is 80.1 Å². The van der Waals surface area contributed by atoms with Crippen LogP contribution >= 0.6 is 11.8 Å². The lowest BCUT2D eigenvalue weighted by atomic mass is 9.95. The van der Waals surface area contributed by atoms with E-state index in [-0.39, 0.29) is 4.90 Å². The Hall–Kier alpha value is -3.09. The fourth-order valence-corrected chi connectivity index (χ4v) is 7.36. The molecule has 0 amide bonds. The van der Waals surface area contributed by atoms with E-state index in [2.05, 4.69) is 11.0 Å². The van der Waals surface area contributed by atoms with E-state index in [1.165, 1.54) is 3.97 Å². The number of nitrogens with zero attached hydrogens (tertiary/aromatic N) is 3. The average molecular weight is 517 g/mol. The molecule has 4 aromatic rings. The van der Waals surface area contributed by atoms with Crippen LogP contribution in [0.25, 0.3) is 10.9 Å². The highest BCUT2D eigenvalue weighted by atomic mass is 32.2.